The first kappa shape index (κ1) is 13.8. The molecule has 4 nitrogen and oxygen atoms in total. The highest BCUT2D eigenvalue weighted by Crippen LogP contribution is 2.25. The van der Waals surface area contributed by atoms with Gasteiger partial charge in [0, 0.05) is 19.2 Å². The van der Waals surface area contributed by atoms with Gasteiger partial charge in [0.25, 0.3) is 5.91 Å². The zero-order valence-electron chi connectivity index (χ0n) is 10.2. The Morgan fingerprint density at radius 2 is 2.05 bits per heavy atom. The first-order valence-electron chi connectivity index (χ1n) is 5.56. The van der Waals surface area contributed by atoms with Gasteiger partial charge in [0.1, 0.15) is 16.6 Å². The summed E-state index contributed by atoms with van der Waals surface area (Å²) in [5.41, 5.74) is 1.01. The van der Waals surface area contributed by atoms with Crippen LogP contribution in [0.25, 0.3) is 0 Å². The molecule has 100 valence electrons. The average molecular weight is 299 g/mol. The van der Waals surface area contributed by atoms with E-state index in [-0.39, 0.29) is 18.2 Å². The molecular weight excluding hydrogens is 287 g/mol. The number of phenols is 1. The minimum absolute atomic E-state index is 0.144. The Morgan fingerprint density at radius 1 is 1.37 bits per heavy atom. The Balaban J connectivity index is 2.10. The van der Waals surface area contributed by atoms with Crippen molar-refractivity contribution in [1.82, 2.24) is 9.88 Å². The van der Waals surface area contributed by atoms with E-state index < -0.39 is 0 Å². The molecule has 1 amide bonds. The second-order valence-corrected chi connectivity index (χ2v) is 4.80. The highest BCUT2D eigenvalue weighted by Gasteiger charge is 2.15. The molecule has 1 aromatic heterocycles. The second kappa shape index (κ2) is 5.55. The van der Waals surface area contributed by atoms with Gasteiger partial charge in [0.2, 0.25) is 0 Å². The fourth-order valence-electron chi connectivity index (χ4n) is 1.69. The number of aromatic hydroxyl groups is 1. The number of amides is 1. The molecule has 0 aliphatic carbocycles. The molecule has 0 radical (unpaired) electrons. The second-order valence-electron chi connectivity index (χ2n) is 4.04. The highest BCUT2D eigenvalue weighted by atomic mass is 35.5. The predicted octanol–water partition coefficient (Wildman–Crippen LogP) is 2.97. The molecule has 0 fully saturated rings. The zero-order chi connectivity index (χ0) is 14.0. The summed E-state index contributed by atoms with van der Waals surface area (Å²) in [4.78, 5) is 12.0. The molecule has 0 aliphatic rings. The SMILES string of the molecule is Cn1c(C(=O)NCc2ccccc2O)cc(Cl)c1Cl. The Labute approximate surface area is 120 Å². The first-order chi connectivity index (χ1) is 9.00. The molecular formula is C13H12Cl2N2O2. The molecule has 0 spiro atoms. The van der Waals surface area contributed by atoms with Crippen molar-refractivity contribution >= 4 is 29.1 Å². The summed E-state index contributed by atoms with van der Waals surface area (Å²) in [6.07, 6.45) is 0. The number of hydrogen-bond acceptors (Lipinski definition) is 2. The molecule has 0 aliphatic heterocycles. The zero-order valence-corrected chi connectivity index (χ0v) is 11.7. The molecule has 0 saturated carbocycles. The van der Waals surface area contributed by atoms with Gasteiger partial charge in [-0.05, 0) is 12.1 Å². The van der Waals surface area contributed by atoms with E-state index in [2.05, 4.69) is 5.32 Å². The van der Waals surface area contributed by atoms with Gasteiger partial charge in [0.15, 0.2) is 0 Å². The summed E-state index contributed by atoms with van der Waals surface area (Å²) >= 11 is 11.7. The Kier molecular flexibility index (Phi) is 4.02. The van der Waals surface area contributed by atoms with Gasteiger partial charge in [-0.25, -0.2) is 0 Å². The minimum atomic E-state index is -0.306. The fourth-order valence-corrected chi connectivity index (χ4v) is 2.06. The van der Waals surface area contributed by atoms with Crippen LogP contribution in [0.1, 0.15) is 16.1 Å². The molecule has 1 heterocycles. The molecule has 0 unspecified atom stereocenters. The lowest BCUT2D eigenvalue weighted by Crippen LogP contribution is -2.24. The van der Waals surface area contributed by atoms with E-state index in [1.165, 1.54) is 10.6 Å². The number of aromatic nitrogens is 1. The fraction of sp³-hybridized carbons (Fsp3) is 0.154. The Bertz CT molecular complexity index is 623. The molecule has 2 aromatic rings. The van der Waals surface area contributed by atoms with Gasteiger partial charge in [-0.1, -0.05) is 41.4 Å². The van der Waals surface area contributed by atoms with Crippen LogP contribution >= 0.6 is 23.2 Å². The number of nitrogens with one attached hydrogen (secondary N) is 1. The van der Waals surface area contributed by atoms with E-state index in [4.69, 9.17) is 23.2 Å². The normalized spacial score (nSPS) is 10.5. The summed E-state index contributed by atoms with van der Waals surface area (Å²) in [6, 6.07) is 8.32. The Hall–Kier alpha value is -1.65. The maximum atomic E-state index is 12.0. The predicted molar refractivity (Wildman–Crippen MR) is 74.7 cm³/mol. The van der Waals surface area contributed by atoms with Crippen molar-refractivity contribution in [2.24, 2.45) is 7.05 Å². The lowest BCUT2D eigenvalue weighted by atomic mass is 10.2. The number of nitrogens with zero attached hydrogens (tertiary/aromatic N) is 1. The summed E-state index contributed by atoms with van der Waals surface area (Å²) < 4.78 is 1.50. The molecule has 2 rings (SSSR count). The third-order valence-electron chi connectivity index (χ3n) is 2.78. The van der Waals surface area contributed by atoms with Crippen LogP contribution in [0, 0.1) is 0 Å². The van der Waals surface area contributed by atoms with Crippen LogP contribution in [-0.2, 0) is 13.6 Å². The number of halogens is 2. The number of carbonyl (C=O) groups excluding carboxylic acids is 1. The maximum absolute atomic E-state index is 12.0. The van der Waals surface area contributed by atoms with Gasteiger partial charge in [-0.3, -0.25) is 4.79 Å². The molecule has 19 heavy (non-hydrogen) atoms. The molecule has 0 atom stereocenters. The van der Waals surface area contributed by atoms with Crippen molar-refractivity contribution in [3.63, 3.8) is 0 Å². The summed E-state index contributed by atoms with van der Waals surface area (Å²) in [7, 11) is 1.66. The monoisotopic (exact) mass is 298 g/mol. The van der Waals surface area contributed by atoms with Crippen LogP contribution < -0.4 is 5.32 Å². The van der Waals surface area contributed by atoms with Crippen molar-refractivity contribution < 1.29 is 9.90 Å². The van der Waals surface area contributed by atoms with E-state index in [9.17, 15) is 9.90 Å². The summed E-state index contributed by atoms with van der Waals surface area (Å²) in [5, 5.41) is 12.9. The van der Waals surface area contributed by atoms with Crippen molar-refractivity contribution in [1.29, 1.82) is 0 Å². The first-order valence-corrected chi connectivity index (χ1v) is 6.32. The number of para-hydroxylation sites is 1. The van der Waals surface area contributed by atoms with E-state index in [1.54, 1.807) is 31.3 Å². The number of rotatable bonds is 3. The number of carbonyl (C=O) groups is 1. The third-order valence-corrected chi connectivity index (χ3v) is 3.62. The smallest absolute Gasteiger partial charge is 0.268 e. The lowest BCUT2D eigenvalue weighted by molar-refractivity contribution is 0.0942. The van der Waals surface area contributed by atoms with Crippen molar-refractivity contribution in [2.75, 3.05) is 0 Å². The van der Waals surface area contributed by atoms with Gasteiger partial charge >= 0.3 is 0 Å². The number of hydrogen-bond donors (Lipinski definition) is 2. The van der Waals surface area contributed by atoms with Crippen molar-refractivity contribution in [3.8, 4) is 5.75 Å². The molecule has 0 saturated heterocycles. The van der Waals surface area contributed by atoms with E-state index in [1.807, 2.05) is 0 Å². The van der Waals surface area contributed by atoms with Crippen molar-refractivity contribution in [2.45, 2.75) is 6.54 Å². The van der Waals surface area contributed by atoms with Crippen LogP contribution in [0.2, 0.25) is 10.2 Å². The van der Waals surface area contributed by atoms with Gasteiger partial charge in [-0.15, -0.1) is 0 Å². The molecule has 0 bridgehead atoms. The third kappa shape index (κ3) is 2.85. The molecule has 6 heteroatoms. The van der Waals surface area contributed by atoms with Gasteiger partial charge in [0.05, 0.1) is 5.02 Å². The molecule has 1 aromatic carbocycles. The van der Waals surface area contributed by atoms with Crippen LogP contribution in [0.3, 0.4) is 0 Å². The van der Waals surface area contributed by atoms with E-state index in [0.29, 0.717) is 21.4 Å². The van der Waals surface area contributed by atoms with Crippen LogP contribution in [0.4, 0.5) is 0 Å². The Morgan fingerprint density at radius 3 is 2.63 bits per heavy atom. The standard InChI is InChI=1S/C13H12Cl2N2O2/c1-17-10(6-9(14)12(17)15)13(19)16-7-8-4-2-3-5-11(8)18/h2-6,18H,7H2,1H3,(H,16,19). The van der Waals surface area contributed by atoms with Crippen LogP contribution in [0.15, 0.2) is 30.3 Å². The number of benzene rings is 1. The summed E-state index contributed by atoms with van der Waals surface area (Å²) in [6.45, 7) is 0.228. The van der Waals surface area contributed by atoms with E-state index in [0.717, 1.165) is 0 Å². The maximum Gasteiger partial charge on any atom is 0.268 e. The number of phenolic OH excluding ortho intramolecular Hbond substituents is 1. The minimum Gasteiger partial charge on any atom is -0.508 e. The van der Waals surface area contributed by atoms with Crippen molar-refractivity contribution in [3.05, 3.63) is 51.8 Å². The topological polar surface area (TPSA) is 54.3 Å². The largest absolute Gasteiger partial charge is 0.508 e. The highest BCUT2D eigenvalue weighted by molar-refractivity contribution is 6.41. The van der Waals surface area contributed by atoms with Gasteiger partial charge in [-0.2, -0.15) is 0 Å². The van der Waals surface area contributed by atoms with Gasteiger partial charge < -0.3 is 15.0 Å². The lowest BCUT2D eigenvalue weighted by Gasteiger charge is -2.07. The van der Waals surface area contributed by atoms with E-state index >= 15 is 0 Å². The molecule has 2 N–H and O–H groups in total. The summed E-state index contributed by atoms with van der Waals surface area (Å²) in [5.74, 6) is -0.162. The van der Waals surface area contributed by atoms with Crippen LogP contribution in [0.5, 0.6) is 5.75 Å². The quantitative estimate of drug-likeness (QED) is 0.915. The average Bonchev–Trinajstić information content (AvgIpc) is 2.65. The van der Waals surface area contributed by atoms with Crippen LogP contribution in [-0.4, -0.2) is 15.6 Å².